The van der Waals surface area contributed by atoms with Gasteiger partial charge in [0.2, 0.25) is 0 Å². The molecule has 0 bridgehead atoms. The maximum Gasteiger partial charge on any atom is 0.0540 e. The number of hydrogen-bond acceptors (Lipinski definition) is 2. The predicted octanol–water partition coefficient (Wildman–Crippen LogP) is 2.54. The highest BCUT2D eigenvalue weighted by Gasteiger charge is 2.18. The summed E-state index contributed by atoms with van der Waals surface area (Å²) >= 11 is 0. The number of nitrogens with one attached hydrogen (secondary N) is 1. The molecule has 18 heavy (non-hydrogen) atoms. The summed E-state index contributed by atoms with van der Waals surface area (Å²) in [6.45, 7) is 5.37. The Morgan fingerprint density at radius 1 is 1.33 bits per heavy atom. The monoisotopic (exact) mass is 250 g/mol. The molecule has 0 atom stereocenters. The maximum absolute atomic E-state index is 9.46. The van der Waals surface area contributed by atoms with Crippen LogP contribution in [-0.4, -0.2) is 22.3 Å². The Labute approximate surface area is 110 Å². The first-order chi connectivity index (χ1) is 8.78. The van der Waals surface area contributed by atoms with Gasteiger partial charge in [0.1, 0.15) is 0 Å². The second-order valence-electron chi connectivity index (χ2n) is 5.56. The molecule has 2 rings (SSSR count). The Hall–Kier alpha value is -0.800. The summed E-state index contributed by atoms with van der Waals surface area (Å²) in [5.74, 6) is 0.756. The first-order valence-electron chi connectivity index (χ1n) is 7.31. The number of aromatic nitrogens is 1. The van der Waals surface area contributed by atoms with E-state index >= 15 is 0 Å². The minimum Gasteiger partial charge on any atom is -0.393 e. The van der Waals surface area contributed by atoms with Gasteiger partial charge in [-0.25, -0.2) is 0 Å². The maximum atomic E-state index is 9.46. The van der Waals surface area contributed by atoms with Gasteiger partial charge in [0, 0.05) is 25.5 Å². The highest BCUT2D eigenvalue weighted by atomic mass is 16.3. The average molecular weight is 250 g/mol. The summed E-state index contributed by atoms with van der Waals surface area (Å²) in [7, 11) is 0. The molecule has 0 unspecified atom stereocenters. The van der Waals surface area contributed by atoms with Crippen LogP contribution in [0.5, 0.6) is 0 Å². The van der Waals surface area contributed by atoms with Crippen molar-refractivity contribution in [1.82, 2.24) is 9.88 Å². The van der Waals surface area contributed by atoms with Crippen molar-refractivity contribution in [2.45, 2.75) is 58.2 Å². The molecule has 1 fully saturated rings. The third kappa shape index (κ3) is 4.14. The molecule has 1 aliphatic rings. The SMILES string of the molecule is CCCn1ccc(CNCC2CCC(O)CC2)c1. The Kier molecular flexibility index (Phi) is 5.26. The zero-order valence-corrected chi connectivity index (χ0v) is 11.4. The molecule has 0 aliphatic heterocycles. The second kappa shape index (κ2) is 6.95. The van der Waals surface area contributed by atoms with Crippen LogP contribution in [0.4, 0.5) is 0 Å². The zero-order valence-electron chi connectivity index (χ0n) is 11.4. The van der Waals surface area contributed by atoms with Crippen molar-refractivity contribution in [3.63, 3.8) is 0 Å². The molecule has 2 N–H and O–H groups in total. The number of aliphatic hydroxyl groups excluding tert-OH is 1. The Bertz CT molecular complexity index is 340. The minimum absolute atomic E-state index is 0.0377. The number of aryl methyl sites for hydroxylation is 1. The van der Waals surface area contributed by atoms with Crippen molar-refractivity contribution in [2.24, 2.45) is 5.92 Å². The average Bonchev–Trinajstić information content (AvgIpc) is 2.80. The van der Waals surface area contributed by atoms with Gasteiger partial charge < -0.3 is 15.0 Å². The smallest absolute Gasteiger partial charge is 0.0540 e. The lowest BCUT2D eigenvalue weighted by Gasteiger charge is -2.25. The van der Waals surface area contributed by atoms with Gasteiger partial charge in [-0.2, -0.15) is 0 Å². The first-order valence-corrected chi connectivity index (χ1v) is 7.31. The Balaban J connectivity index is 1.65. The van der Waals surface area contributed by atoms with E-state index < -0.39 is 0 Å². The minimum atomic E-state index is -0.0377. The van der Waals surface area contributed by atoms with Crippen LogP contribution >= 0.6 is 0 Å². The van der Waals surface area contributed by atoms with Crippen LogP contribution in [0.3, 0.4) is 0 Å². The van der Waals surface area contributed by atoms with E-state index in [9.17, 15) is 5.11 Å². The van der Waals surface area contributed by atoms with Crippen molar-refractivity contribution < 1.29 is 5.11 Å². The van der Waals surface area contributed by atoms with Crippen molar-refractivity contribution in [2.75, 3.05) is 6.54 Å². The van der Waals surface area contributed by atoms with Crippen molar-refractivity contribution in [1.29, 1.82) is 0 Å². The molecule has 3 heteroatoms. The van der Waals surface area contributed by atoms with Crippen molar-refractivity contribution in [3.05, 3.63) is 24.0 Å². The van der Waals surface area contributed by atoms with E-state index in [2.05, 4.69) is 35.3 Å². The van der Waals surface area contributed by atoms with Crippen LogP contribution in [0.1, 0.15) is 44.6 Å². The lowest BCUT2D eigenvalue weighted by molar-refractivity contribution is 0.108. The lowest BCUT2D eigenvalue weighted by Crippen LogP contribution is -2.27. The Morgan fingerprint density at radius 3 is 2.83 bits per heavy atom. The van der Waals surface area contributed by atoms with Crippen LogP contribution < -0.4 is 5.32 Å². The number of nitrogens with zero attached hydrogens (tertiary/aromatic N) is 1. The predicted molar refractivity (Wildman–Crippen MR) is 74.4 cm³/mol. The summed E-state index contributed by atoms with van der Waals surface area (Å²) in [5.41, 5.74) is 1.37. The molecule has 1 aromatic rings. The van der Waals surface area contributed by atoms with Gasteiger partial charge in [0.05, 0.1) is 6.10 Å². The molecule has 1 aliphatic carbocycles. The topological polar surface area (TPSA) is 37.2 Å². The number of hydrogen-bond donors (Lipinski definition) is 2. The van der Waals surface area contributed by atoms with Crippen LogP contribution in [0.25, 0.3) is 0 Å². The van der Waals surface area contributed by atoms with Gasteiger partial charge in [-0.1, -0.05) is 6.92 Å². The molecule has 1 saturated carbocycles. The molecule has 1 heterocycles. The van der Waals surface area contributed by atoms with Gasteiger partial charge >= 0.3 is 0 Å². The summed E-state index contributed by atoms with van der Waals surface area (Å²) in [6.07, 6.45) is 9.86. The third-order valence-electron chi connectivity index (χ3n) is 3.87. The summed E-state index contributed by atoms with van der Waals surface area (Å²) in [4.78, 5) is 0. The fourth-order valence-electron chi connectivity index (χ4n) is 2.76. The fourth-order valence-corrected chi connectivity index (χ4v) is 2.76. The molecular formula is C15H26N2O. The van der Waals surface area contributed by atoms with Gasteiger partial charge in [-0.3, -0.25) is 0 Å². The molecule has 3 nitrogen and oxygen atoms in total. The van der Waals surface area contributed by atoms with Gasteiger partial charge in [0.15, 0.2) is 0 Å². The van der Waals surface area contributed by atoms with Crippen LogP contribution in [0, 0.1) is 5.92 Å². The molecule has 0 aromatic carbocycles. The number of aliphatic hydroxyl groups is 1. The molecule has 0 saturated heterocycles. The standard InChI is InChI=1S/C15H26N2O/c1-2-8-17-9-7-14(12-17)11-16-10-13-3-5-15(18)6-4-13/h7,9,12-13,15-16,18H,2-6,8,10-11H2,1H3. The van der Waals surface area contributed by atoms with Gasteiger partial charge in [-0.05, 0) is 56.2 Å². The van der Waals surface area contributed by atoms with Crippen LogP contribution in [0.2, 0.25) is 0 Å². The third-order valence-corrected chi connectivity index (χ3v) is 3.87. The largest absolute Gasteiger partial charge is 0.393 e. The van der Waals surface area contributed by atoms with E-state index in [1.807, 2.05) is 0 Å². The molecule has 1 aromatic heterocycles. The highest BCUT2D eigenvalue weighted by molar-refractivity contribution is 5.09. The van der Waals surface area contributed by atoms with E-state index in [1.165, 1.54) is 24.8 Å². The zero-order chi connectivity index (χ0) is 12.8. The lowest BCUT2D eigenvalue weighted by atomic mass is 9.87. The van der Waals surface area contributed by atoms with Crippen LogP contribution in [0.15, 0.2) is 18.5 Å². The summed E-state index contributed by atoms with van der Waals surface area (Å²) < 4.78 is 2.26. The molecular weight excluding hydrogens is 224 g/mol. The van der Waals surface area contributed by atoms with Crippen LogP contribution in [-0.2, 0) is 13.1 Å². The number of rotatable bonds is 6. The van der Waals surface area contributed by atoms with E-state index in [-0.39, 0.29) is 6.10 Å². The summed E-state index contributed by atoms with van der Waals surface area (Å²) in [5, 5.41) is 13.0. The van der Waals surface area contributed by atoms with E-state index in [4.69, 9.17) is 0 Å². The normalized spacial score (nSPS) is 24.3. The first kappa shape index (κ1) is 13.6. The molecule has 0 amide bonds. The molecule has 0 spiro atoms. The quantitative estimate of drug-likeness (QED) is 0.814. The highest BCUT2D eigenvalue weighted by Crippen LogP contribution is 2.23. The van der Waals surface area contributed by atoms with E-state index in [0.717, 1.165) is 38.4 Å². The van der Waals surface area contributed by atoms with Gasteiger partial charge in [-0.15, -0.1) is 0 Å². The van der Waals surface area contributed by atoms with Gasteiger partial charge in [0.25, 0.3) is 0 Å². The van der Waals surface area contributed by atoms with E-state index in [0.29, 0.717) is 0 Å². The molecule has 102 valence electrons. The van der Waals surface area contributed by atoms with E-state index in [1.54, 1.807) is 0 Å². The second-order valence-corrected chi connectivity index (χ2v) is 5.56. The van der Waals surface area contributed by atoms with Crippen molar-refractivity contribution in [3.8, 4) is 0 Å². The van der Waals surface area contributed by atoms with Crippen molar-refractivity contribution >= 4 is 0 Å². The fraction of sp³-hybridized carbons (Fsp3) is 0.733. The summed E-state index contributed by atoms with van der Waals surface area (Å²) in [6, 6.07) is 2.20. The Morgan fingerprint density at radius 2 is 2.11 bits per heavy atom. The molecule has 0 radical (unpaired) electrons.